The van der Waals surface area contributed by atoms with Gasteiger partial charge in [-0.3, -0.25) is 0 Å². The van der Waals surface area contributed by atoms with Gasteiger partial charge in [0.15, 0.2) is 5.67 Å². The van der Waals surface area contributed by atoms with Crippen LogP contribution in [0.5, 0.6) is 0 Å². The number of hydrogen-bond donors (Lipinski definition) is 1. The summed E-state index contributed by atoms with van der Waals surface area (Å²) in [5.41, 5.74) is 4.55. The Balaban J connectivity index is 2.04. The molecule has 0 radical (unpaired) electrons. The van der Waals surface area contributed by atoms with E-state index in [0.717, 1.165) is 25.7 Å². The molecule has 0 amide bonds. The lowest BCUT2D eigenvalue weighted by Gasteiger charge is -2.35. The second kappa shape index (κ2) is 3.89. The van der Waals surface area contributed by atoms with Crippen molar-refractivity contribution < 1.29 is 9.13 Å². The molecule has 0 aromatic rings. The normalized spacial score (nSPS) is 38.7. The summed E-state index contributed by atoms with van der Waals surface area (Å²) in [4.78, 5) is 0. The van der Waals surface area contributed by atoms with Gasteiger partial charge in [-0.25, -0.2) is 4.39 Å². The molecule has 2 N–H and O–H groups in total. The third kappa shape index (κ3) is 1.92. The van der Waals surface area contributed by atoms with Gasteiger partial charge in [0.25, 0.3) is 0 Å². The lowest BCUT2D eigenvalue weighted by atomic mass is 9.82. The highest BCUT2D eigenvalue weighted by atomic mass is 19.1. The number of allylic oxidation sites excluding steroid dienone is 2. The lowest BCUT2D eigenvalue weighted by Crippen LogP contribution is -2.38. The lowest BCUT2D eigenvalue weighted by molar-refractivity contribution is 0.0437. The molecular weight excluding hydrogens is 181 g/mol. The zero-order chi connectivity index (χ0) is 10.0. The first-order valence-electron chi connectivity index (χ1n) is 5.49. The van der Waals surface area contributed by atoms with E-state index >= 15 is 0 Å². The van der Waals surface area contributed by atoms with Crippen LogP contribution in [0.3, 0.4) is 0 Å². The van der Waals surface area contributed by atoms with Crippen LogP contribution < -0.4 is 5.73 Å². The number of alkyl halides is 1. The van der Waals surface area contributed by atoms with Crippen molar-refractivity contribution in [2.24, 2.45) is 5.73 Å². The van der Waals surface area contributed by atoms with Crippen LogP contribution in [0.2, 0.25) is 0 Å². The Kier molecular flexibility index (Phi) is 2.77. The van der Waals surface area contributed by atoms with E-state index in [1.807, 2.05) is 6.08 Å². The van der Waals surface area contributed by atoms with Crippen LogP contribution in [-0.4, -0.2) is 18.3 Å². The average molecular weight is 199 g/mol. The molecule has 1 aliphatic carbocycles. The monoisotopic (exact) mass is 199 g/mol. The van der Waals surface area contributed by atoms with Gasteiger partial charge in [0.1, 0.15) is 5.76 Å². The molecule has 2 rings (SSSR count). The van der Waals surface area contributed by atoms with Gasteiger partial charge in [0, 0.05) is 6.04 Å². The maximum atomic E-state index is 14.4. The molecule has 0 spiro atoms. The van der Waals surface area contributed by atoms with E-state index in [0.29, 0.717) is 25.2 Å². The molecule has 3 heteroatoms. The molecule has 0 aromatic carbocycles. The van der Waals surface area contributed by atoms with Gasteiger partial charge in [-0.05, 0) is 44.6 Å². The van der Waals surface area contributed by atoms with Gasteiger partial charge < -0.3 is 10.5 Å². The van der Waals surface area contributed by atoms with Crippen LogP contribution in [0.1, 0.15) is 38.5 Å². The minimum absolute atomic E-state index is 0.183. The highest BCUT2D eigenvalue weighted by molar-refractivity contribution is 5.13. The maximum Gasteiger partial charge on any atom is 0.167 e. The Labute approximate surface area is 84.3 Å². The van der Waals surface area contributed by atoms with Crippen LogP contribution >= 0.6 is 0 Å². The van der Waals surface area contributed by atoms with Crippen LogP contribution in [-0.2, 0) is 4.74 Å². The van der Waals surface area contributed by atoms with Crippen molar-refractivity contribution in [2.45, 2.75) is 50.2 Å². The van der Waals surface area contributed by atoms with Crippen molar-refractivity contribution in [3.05, 3.63) is 11.8 Å². The standard InChI is InChI=1S/C11H18FNO/c12-11(6-4-9(13)5-7-11)10-3-1-2-8-14-10/h3,9H,1-2,4-8,13H2. The second-order valence-corrected chi connectivity index (χ2v) is 4.36. The maximum absolute atomic E-state index is 14.4. The summed E-state index contributed by atoms with van der Waals surface area (Å²) < 4.78 is 19.8. The van der Waals surface area contributed by atoms with Crippen LogP contribution in [0.15, 0.2) is 11.8 Å². The van der Waals surface area contributed by atoms with Gasteiger partial charge in [-0.15, -0.1) is 0 Å². The van der Waals surface area contributed by atoms with Crippen molar-refractivity contribution in [3.63, 3.8) is 0 Å². The molecule has 1 aliphatic heterocycles. The third-order valence-electron chi connectivity index (χ3n) is 3.20. The van der Waals surface area contributed by atoms with Crippen LogP contribution in [0.25, 0.3) is 0 Å². The summed E-state index contributed by atoms with van der Waals surface area (Å²) >= 11 is 0. The van der Waals surface area contributed by atoms with Gasteiger partial charge >= 0.3 is 0 Å². The van der Waals surface area contributed by atoms with Gasteiger partial charge in [0.2, 0.25) is 0 Å². The van der Waals surface area contributed by atoms with E-state index in [1.54, 1.807) is 0 Å². The van der Waals surface area contributed by atoms with Gasteiger partial charge in [-0.2, -0.15) is 0 Å². The largest absolute Gasteiger partial charge is 0.495 e. The highest BCUT2D eigenvalue weighted by Gasteiger charge is 2.39. The number of nitrogens with two attached hydrogens (primary N) is 1. The fourth-order valence-electron chi connectivity index (χ4n) is 2.21. The Morgan fingerprint density at radius 2 is 2.14 bits per heavy atom. The van der Waals surface area contributed by atoms with E-state index in [2.05, 4.69) is 0 Å². The van der Waals surface area contributed by atoms with Crippen LogP contribution in [0, 0.1) is 0 Å². The Bertz CT molecular complexity index is 231. The summed E-state index contributed by atoms with van der Waals surface area (Å²) in [6, 6.07) is 0.183. The van der Waals surface area contributed by atoms with E-state index in [-0.39, 0.29) is 6.04 Å². The average Bonchev–Trinajstić information content (AvgIpc) is 2.24. The zero-order valence-corrected chi connectivity index (χ0v) is 8.47. The second-order valence-electron chi connectivity index (χ2n) is 4.36. The first kappa shape index (κ1) is 9.97. The predicted octanol–water partition coefficient (Wildman–Crippen LogP) is 2.29. The number of halogens is 1. The minimum Gasteiger partial charge on any atom is -0.495 e. The number of rotatable bonds is 1. The summed E-state index contributed by atoms with van der Waals surface area (Å²) in [6.45, 7) is 0.670. The first-order chi connectivity index (χ1) is 6.71. The Morgan fingerprint density at radius 1 is 1.43 bits per heavy atom. The molecule has 1 heterocycles. The SMILES string of the molecule is NC1CCC(F)(C2=CCCCO2)CC1. The first-order valence-corrected chi connectivity index (χ1v) is 5.49. The van der Waals surface area contributed by atoms with Gasteiger partial charge in [0.05, 0.1) is 6.61 Å². The quantitative estimate of drug-likeness (QED) is 0.703. The molecular formula is C11H18FNO. The van der Waals surface area contributed by atoms with Crippen LogP contribution in [0.4, 0.5) is 4.39 Å². The van der Waals surface area contributed by atoms with Crippen molar-refractivity contribution >= 4 is 0 Å². The van der Waals surface area contributed by atoms with Crippen molar-refractivity contribution in [2.75, 3.05) is 6.61 Å². The van der Waals surface area contributed by atoms with Crippen molar-refractivity contribution in [1.29, 1.82) is 0 Å². The predicted molar refractivity (Wildman–Crippen MR) is 53.6 cm³/mol. The van der Waals surface area contributed by atoms with E-state index in [4.69, 9.17) is 10.5 Å². The molecule has 0 bridgehead atoms. The summed E-state index contributed by atoms with van der Waals surface area (Å²) in [6.07, 6.45) is 6.49. The van der Waals surface area contributed by atoms with Crippen molar-refractivity contribution in [3.8, 4) is 0 Å². The summed E-state index contributed by atoms with van der Waals surface area (Å²) in [5, 5.41) is 0. The van der Waals surface area contributed by atoms with E-state index < -0.39 is 5.67 Å². The molecule has 2 nitrogen and oxygen atoms in total. The summed E-state index contributed by atoms with van der Waals surface area (Å²) in [5.74, 6) is 0.579. The molecule has 1 saturated carbocycles. The number of hydrogen-bond acceptors (Lipinski definition) is 2. The molecule has 0 atom stereocenters. The Hall–Kier alpha value is -0.570. The smallest absolute Gasteiger partial charge is 0.167 e. The fraction of sp³-hybridized carbons (Fsp3) is 0.818. The third-order valence-corrected chi connectivity index (χ3v) is 3.20. The molecule has 1 fully saturated rings. The minimum atomic E-state index is -1.21. The van der Waals surface area contributed by atoms with Crippen molar-refractivity contribution in [1.82, 2.24) is 0 Å². The topological polar surface area (TPSA) is 35.2 Å². The zero-order valence-electron chi connectivity index (χ0n) is 8.47. The number of ether oxygens (including phenoxy) is 1. The molecule has 0 saturated heterocycles. The molecule has 14 heavy (non-hydrogen) atoms. The highest BCUT2D eigenvalue weighted by Crippen LogP contribution is 2.39. The summed E-state index contributed by atoms with van der Waals surface area (Å²) in [7, 11) is 0. The molecule has 0 aromatic heterocycles. The fourth-order valence-corrected chi connectivity index (χ4v) is 2.21. The van der Waals surface area contributed by atoms with E-state index in [1.165, 1.54) is 0 Å². The van der Waals surface area contributed by atoms with Gasteiger partial charge in [-0.1, -0.05) is 0 Å². The molecule has 0 unspecified atom stereocenters. The Morgan fingerprint density at radius 3 is 2.71 bits per heavy atom. The molecule has 80 valence electrons. The molecule has 2 aliphatic rings. The van der Waals surface area contributed by atoms with E-state index in [9.17, 15) is 4.39 Å².